The van der Waals surface area contributed by atoms with E-state index in [0.29, 0.717) is 17.7 Å². The van der Waals surface area contributed by atoms with Crippen LogP contribution in [-0.2, 0) is 11.9 Å². The Balaban J connectivity index is 1.80. The van der Waals surface area contributed by atoms with E-state index in [9.17, 15) is 4.39 Å². The van der Waals surface area contributed by atoms with E-state index in [4.69, 9.17) is 4.74 Å². The third kappa shape index (κ3) is 3.22. The highest BCUT2D eigenvalue weighted by Gasteiger charge is 2.05. The van der Waals surface area contributed by atoms with Crippen LogP contribution in [0.3, 0.4) is 0 Å². The van der Waals surface area contributed by atoms with E-state index in [1.54, 1.807) is 12.3 Å². The first-order valence-electron chi connectivity index (χ1n) is 6.57. The van der Waals surface area contributed by atoms with Gasteiger partial charge in [-0.3, -0.25) is 4.98 Å². The van der Waals surface area contributed by atoms with Gasteiger partial charge in [0.05, 0.1) is 5.52 Å². The summed E-state index contributed by atoms with van der Waals surface area (Å²) in [6.45, 7) is 0.441. The Morgan fingerprint density at radius 3 is 2.86 bits per heavy atom. The van der Waals surface area contributed by atoms with Crippen molar-refractivity contribution in [1.29, 1.82) is 0 Å². The van der Waals surface area contributed by atoms with E-state index >= 15 is 0 Å². The number of halogens is 2. The van der Waals surface area contributed by atoms with Gasteiger partial charge in [0.2, 0.25) is 0 Å². The lowest BCUT2D eigenvalue weighted by Gasteiger charge is -2.10. The second kappa shape index (κ2) is 6.22. The maximum absolute atomic E-state index is 13.2. The molecule has 2 aromatic carbocycles. The van der Waals surface area contributed by atoms with Crippen molar-refractivity contribution in [3.8, 4) is 5.75 Å². The van der Waals surface area contributed by atoms with Crippen molar-refractivity contribution in [1.82, 2.24) is 4.98 Å². The van der Waals surface area contributed by atoms with Gasteiger partial charge in [0.1, 0.15) is 18.2 Å². The summed E-state index contributed by atoms with van der Waals surface area (Å²) in [5.74, 6) is 0.438. The summed E-state index contributed by atoms with van der Waals surface area (Å²) >= 11 is 3.35. The molecule has 3 aromatic rings. The van der Waals surface area contributed by atoms with E-state index in [1.165, 1.54) is 12.1 Å². The lowest BCUT2D eigenvalue weighted by molar-refractivity contribution is 0.303. The summed E-state index contributed by atoms with van der Waals surface area (Å²) < 4.78 is 19.0. The molecule has 1 aromatic heterocycles. The van der Waals surface area contributed by atoms with Crippen molar-refractivity contribution in [2.75, 3.05) is 0 Å². The Labute approximate surface area is 130 Å². The van der Waals surface area contributed by atoms with Gasteiger partial charge in [-0.05, 0) is 42.0 Å². The monoisotopic (exact) mass is 345 g/mol. The zero-order valence-corrected chi connectivity index (χ0v) is 12.8. The van der Waals surface area contributed by atoms with Crippen LogP contribution in [0.4, 0.5) is 4.39 Å². The fraction of sp³-hybridized carbons (Fsp3) is 0.118. The fourth-order valence-corrected chi connectivity index (χ4v) is 2.61. The quantitative estimate of drug-likeness (QED) is 0.630. The molecular weight excluding hydrogens is 333 g/mol. The SMILES string of the molecule is Fc1ccc(OCc2ccc3ncccc3c2)c(CBr)c1. The lowest BCUT2D eigenvalue weighted by Crippen LogP contribution is -1.98. The van der Waals surface area contributed by atoms with Crippen molar-refractivity contribution in [2.24, 2.45) is 0 Å². The van der Waals surface area contributed by atoms with Crippen LogP contribution in [0.15, 0.2) is 54.7 Å². The molecule has 3 rings (SSSR count). The van der Waals surface area contributed by atoms with Gasteiger partial charge in [-0.25, -0.2) is 4.39 Å². The topological polar surface area (TPSA) is 22.1 Å². The average Bonchev–Trinajstić information content (AvgIpc) is 2.53. The number of fused-ring (bicyclic) bond motifs is 1. The molecule has 21 heavy (non-hydrogen) atoms. The molecule has 0 saturated heterocycles. The van der Waals surface area contributed by atoms with Crippen molar-refractivity contribution < 1.29 is 9.13 Å². The lowest BCUT2D eigenvalue weighted by atomic mass is 10.1. The zero-order chi connectivity index (χ0) is 14.7. The third-order valence-electron chi connectivity index (χ3n) is 3.23. The van der Waals surface area contributed by atoms with Crippen LogP contribution in [-0.4, -0.2) is 4.98 Å². The van der Waals surface area contributed by atoms with Gasteiger partial charge >= 0.3 is 0 Å². The summed E-state index contributed by atoms with van der Waals surface area (Å²) in [7, 11) is 0. The van der Waals surface area contributed by atoms with Crippen molar-refractivity contribution in [3.63, 3.8) is 0 Å². The van der Waals surface area contributed by atoms with Crippen LogP contribution in [0.2, 0.25) is 0 Å². The molecule has 0 radical (unpaired) electrons. The van der Waals surface area contributed by atoms with Crippen LogP contribution in [0.1, 0.15) is 11.1 Å². The van der Waals surface area contributed by atoms with Gasteiger partial charge in [0.15, 0.2) is 0 Å². The number of ether oxygens (including phenoxy) is 1. The Morgan fingerprint density at radius 1 is 1.10 bits per heavy atom. The fourth-order valence-electron chi connectivity index (χ4n) is 2.17. The average molecular weight is 346 g/mol. The minimum absolute atomic E-state index is 0.256. The largest absolute Gasteiger partial charge is 0.489 e. The summed E-state index contributed by atoms with van der Waals surface area (Å²) in [6, 6.07) is 14.5. The zero-order valence-electron chi connectivity index (χ0n) is 11.2. The second-order valence-electron chi connectivity index (χ2n) is 4.70. The van der Waals surface area contributed by atoms with Crippen molar-refractivity contribution in [3.05, 3.63) is 71.7 Å². The third-order valence-corrected chi connectivity index (χ3v) is 3.83. The highest BCUT2D eigenvalue weighted by molar-refractivity contribution is 9.08. The molecule has 0 atom stereocenters. The molecule has 2 nitrogen and oxygen atoms in total. The molecule has 0 N–H and O–H groups in total. The molecule has 0 aliphatic rings. The molecule has 106 valence electrons. The van der Waals surface area contributed by atoms with E-state index in [1.807, 2.05) is 24.3 Å². The molecule has 0 unspecified atom stereocenters. The van der Waals surface area contributed by atoms with Gasteiger partial charge < -0.3 is 4.74 Å². The number of alkyl halides is 1. The number of rotatable bonds is 4. The van der Waals surface area contributed by atoms with Gasteiger partial charge in [0.25, 0.3) is 0 Å². The first-order chi connectivity index (χ1) is 10.3. The Kier molecular flexibility index (Phi) is 4.15. The molecular formula is C17H13BrFNO. The van der Waals surface area contributed by atoms with Gasteiger partial charge in [-0.1, -0.05) is 28.1 Å². The minimum atomic E-state index is -0.256. The predicted molar refractivity (Wildman–Crippen MR) is 85.1 cm³/mol. The molecule has 0 amide bonds. The molecule has 0 spiro atoms. The highest BCUT2D eigenvalue weighted by Crippen LogP contribution is 2.23. The number of aromatic nitrogens is 1. The first kappa shape index (κ1) is 14.0. The van der Waals surface area contributed by atoms with Crippen LogP contribution < -0.4 is 4.74 Å². The van der Waals surface area contributed by atoms with E-state index in [-0.39, 0.29) is 5.82 Å². The minimum Gasteiger partial charge on any atom is -0.489 e. The van der Waals surface area contributed by atoms with Crippen LogP contribution in [0.25, 0.3) is 10.9 Å². The standard InChI is InChI=1S/C17H13BrFNO/c18-10-14-9-15(19)4-6-17(14)21-11-12-3-5-16-13(8-12)2-1-7-20-16/h1-9H,10-11H2. The summed E-state index contributed by atoms with van der Waals surface area (Å²) in [5.41, 5.74) is 2.82. The van der Waals surface area contributed by atoms with Crippen LogP contribution in [0.5, 0.6) is 5.75 Å². The maximum atomic E-state index is 13.2. The number of hydrogen-bond donors (Lipinski definition) is 0. The van der Waals surface area contributed by atoms with Crippen molar-refractivity contribution >= 4 is 26.8 Å². The number of benzene rings is 2. The second-order valence-corrected chi connectivity index (χ2v) is 5.27. The first-order valence-corrected chi connectivity index (χ1v) is 7.69. The Hall–Kier alpha value is -1.94. The van der Waals surface area contributed by atoms with Gasteiger partial charge in [-0.15, -0.1) is 0 Å². The molecule has 0 saturated carbocycles. The molecule has 0 aliphatic heterocycles. The predicted octanol–water partition coefficient (Wildman–Crippen LogP) is 4.85. The maximum Gasteiger partial charge on any atom is 0.124 e. The van der Waals surface area contributed by atoms with Crippen LogP contribution in [0, 0.1) is 5.82 Å². The Bertz CT molecular complexity index is 776. The van der Waals surface area contributed by atoms with E-state index in [0.717, 1.165) is 22.0 Å². The molecule has 4 heteroatoms. The molecule has 0 bridgehead atoms. The van der Waals surface area contributed by atoms with Gasteiger partial charge in [-0.2, -0.15) is 0 Å². The normalized spacial score (nSPS) is 10.8. The summed E-state index contributed by atoms with van der Waals surface area (Å²) in [5, 5.41) is 1.64. The van der Waals surface area contributed by atoms with Crippen LogP contribution >= 0.6 is 15.9 Å². The van der Waals surface area contributed by atoms with Crippen molar-refractivity contribution in [2.45, 2.75) is 11.9 Å². The number of hydrogen-bond acceptors (Lipinski definition) is 2. The molecule has 1 heterocycles. The summed E-state index contributed by atoms with van der Waals surface area (Å²) in [6.07, 6.45) is 1.78. The Morgan fingerprint density at radius 2 is 2.00 bits per heavy atom. The summed E-state index contributed by atoms with van der Waals surface area (Å²) in [4.78, 5) is 4.29. The van der Waals surface area contributed by atoms with E-state index < -0.39 is 0 Å². The van der Waals surface area contributed by atoms with E-state index in [2.05, 4.69) is 27.0 Å². The molecule has 0 aliphatic carbocycles. The van der Waals surface area contributed by atoms with Gasteiger partial charge in [0, 0.05) is 22.5 Å². The highest BCUT2D eigenvalue weighted by atomic mass is 79.9. The number of pyridine rings is 1. The number of nitrogens with zero attached hydrogens (tertiary/aromatic N) is 1. The smallest absolute Gasteiger partial charge is 0.124 e. The molecule has 0 fully saturated rings.